The van der Waals surface area contributed by atoms with Crippen molar-refractivity contribution in [3.05, 3.63) is 36.8 Å². The van der Waals surface area contributed by atoms with E-state index >= 15 is 0 Å². The van der Waals surface area contributed by atoms with Crippen molar-refractivity contribution in [1.82, 2.24) is 0 Å². The highest BCUT2D eigenvalue weighted by Crippen LogP contribution is 2.11. The fourth-order valence-corrected chi connectivity index (χ4v) is 1.93. The molecule has 1 heterocycles. The molecule has 0 aromatic carbocycles. The monoisotopic (exact) mass is 220 g/mol. The molecule has 0 unspecified atom stereocenters. The number of rotatable bonds is 10. The Bertz CT molecular complexity index is 248. The van der Waals surface area contributed by atoms with E-state index in [1.165, 1.54) is 51.4 Å². The van der Waals surface area contributed by atoms with Crippen LogP contribution in [-0.2, 0) is 6.42 Å². The number of unbranched alkanes of at least 4 members (excludes halogenated alkanes) is 7. The normalized spacial score (nSPS) is 10.5. The molecule has 0 spiro atoms. The highest BCUT2D eigenvalue weighted by Gasteiger charge is 1.95. The van der Waals surface area contributed by atoms with Crippen molar-refractivity contribution >= 4 is 0 Å². The van der Waals surface area contributed by atoms with E-state index in [0.29, 0.717) is 0 Å². The van der Waals surface area contributed by atoms with E-state index in [9.17, 15) is 0 Å². The minimum absolute atomic E-state index is 1.10. The van der Waals surface area contributed by atoms with Crippen LogP contribution in [0.15, 0.2) is 35.5 Å². The predicted molar refractivity (Wildman–Crippen MR) is 69.5 cm³/mol. The summed E-state index contributed by atoms with van der Waals surface area (Å²) in [6.07, 6.45) is 15.5. The number of furan rings is 1. The number of aryl methyl sites for hydroxylation is 1. The largest absolute Gasteiger partial charge is 0.469 e. The Hall–Kier alpha value is -0.980. The SMILES string of the molecule is C=CCCCCCCCCCc1ccco1. The van der Waals surface area contributed by atoms with Crippen molar-refractivity contribution in [2.45, 2.75) is 57.8 Å². The standard InChI is InChI=1S/C15H24O/c1-2-3-4-5-6-7-8-9-10-12-15-13-11-14-16-15/h2,11,13-14H,1,3-10,12H2. The van der Waals surface area contributed by atoms with E-state index in [2.05, 4.69) is 12.6 Å². The molecule has 0 saturated carbocycles. The Balaban J connectivity index is 1.80. The lowest BCUT2D eigenvalue weighted by Crippen LogP contribution is -1.84. The van der Waals surface area contributed by atoms with Gasteiger partial charge in [-0.1, -0.05) is 38.2 Å². The summed E-state index contributed by atoms with van der Waals surface area (Å²) >= 11 is 0. The quantitative estimate of drug-likeness (QED) is 0.393. The molecule has 0 aliphatic carbocycles. The van der Waals surface area contributed by atoms with Crippen LogP contribution in [0.5, 0.6) is 0 Å². The Morgan fingerprint density at radius 2 is 1.69 bits per heavy atom. The van der Waals surface area contributed by atoms with Gasteiger partial charge in [0.1, 0.15) is 5.76 Å². The van der Waals surface area contributed by atoms with Crippen molar-refractivity contribution in [3.8, 4) is 0 Å². The summed E-state index contributed by atoms with van der Waals surface area (Å²) in [5, 5.41) is 0. The van der Waals surface area contributed by atoms with E-state index in [1.54, 1.807) is 6.26 Å². The molecule has 1 aromatic heterocycles. The maximum Gasteiger partial charge on any atom is 0.103 e. The fraction of sp³-hybridized carbons (Fsp3) is 0.600. The van der Waals surface area contributed by atoms with Gasteiger partial charge in [0.05, 0.1) is 6.26 Å². The number of allylic oxidation sites excluding steroid dienone is 1. The molecule has 0 radical (unpaired) electrons. The van der Waals surface area contributed by atoms with Crippen LogP contribution in [0.25, 0.3) is 0 Å². The Labute approximate surface area is 99.6 Å². The van der Waals surface area contributed by atoms with Gasteiger partial charge in [-0.3, -0.25) is 0 Å². The third-order valence-corrected chi connectivity index (χ3v) is 2.91. The van der Waals surface area contributed by atoms with E-state index in [1.807, 2.05) is 12.1 Å². The molecule has 90 valence electrons. The van der Waals surface area contributed by atoms with Crippen molar-refractivity contribution < 1.29 is 4.42 Å². The first-order valence-electron chi connectivity index (χ1n) is 6.57. The van der Waals surface area contributed by atoms with Gasteiger partial charge in [0.2, 0.25) is 0 Å². The highest BCUT2D eigenvalue weighted by molar-refractivity contribution is 4.97. The topological polar surface area (TPSA) is 13.1 Å². The minimum Gasteiger partial charge on any atom is -0.469 e. The third kappa shape index (κ3) is 6.49. The first-order chi connectivity index (χ1) is 7.93. The van der Waals surface area contributed by atoms with Crippen LogP contribution in [0.2, 0.25) is 0 Å². The summed E-state index contributed by atoms with van der Waals surface area (Å²) in [5.74, 6) is 1.13. The zero-order chi connectivity index (χ0) is 11.5. The predicted octanol–water partition coefficient (Wildman–Crippen LogP) is 5.13. The molecule has 0 aliphatic heterocycles. The molecule has 0 amide bonds. The van der Waals surface area contributed by atoms with Crippen molar-refractivity contribution in [1.29, 1.82) is 0 Å². The summed E-state index contributed by atoms with van der Waals surface area (Å²) in [4.78, 5) is 0. The van der Waals surface area contributed by atoms with Crippen molar-refractivity contribution in [2.24, 2.45) is 0 Å². The highest BCUT2D eigenvalue weighted by atomic mass is 16.3. The van der Waals surface area contributed by atoms with Crippen LogP contribution in [0.3, 0.4) is 0 Å². The van der Waals surface area contributed by atoms with Crippen LogP contribution >= 0.6 is 0 Å². The zero-order valence-corrected chi connectivity index (χ0v) is 10.3. The average molecular weight is 220 g/mol. The number of hydrogen-bond acceptors (Lipinski definition) is 1. The Morgan fingerprint density at radius 3 is 2.31 bits per heavy atom. The van der Waals surface area contributed by atoms with Crippen LogP contribution < -0.4 is 0 Å². The van der Waals surface area contributed by atoms with Gasteiger partial charge in [-0.05, 0) is 31.4 Å². The lowest BCUT2D eigenvalue weighted by Gasteiger charge is -2.00. The third-order valence-electron chi connectivity index (χ3n) is 2.91. The molecule has 0 bridgehead atoms. The van der Waals surface area contributed by atoms with E-state index in [-0.39, 0.29) is 0 Å². The smallest absolute Gasteiger partial charge is 0.103 e. The molecule has 1 rings (SSSR count). The fourth-order valence-electron chi connectivity index (χ4n) is 1.93. The second-order valence-corrected chi connectivity index (χ2v) is 4.38. The first-order valence-corrected chi connectivity index (χ1v) is 6.57. The zero-order valence-electron chi connectivity index (χ0n) is 10.3. The van der Waals surface area contributed by atoms with Gasteiger partial charge in [0.15, 0.2) is 0 Å². The lowest BCUT2D eigenvalue weighted by atomic mass is 10.1. The number of hydrogen-bond donors (Lipinski definition) is 0. The molecule has 0 fully saturated rings. The van der Waals surface area contributed by atoms with Crippen LogP contribution in [0, 0.1) is 0 Å². The van der Waals surface area contributed by atoms with E-state index in [4.69, 9.17) is 4.42 Å². The van der Waals surface area contributed by atoms with Gasteiger partial charge in [-0.2, -0.15) is 0 Å². The Kier molecular flexibility index (Phi) is 7.57. The molecule has 0 saturated heterocycles. The van der Waals surface area contributed by atoms with Gasteiger partial charge in [-0.25, -0.2) is 0 Å². The van der Waals surface area contributed by atoms with Gasteiger partial charge in [0.25, 0.3) is 0 Å². The molecule has 0 atom stereocenters. The summed E-state index contributed by atoms with van der Waals surface area (Å²) in [7, 11) is 0. The first kappa shape index (κ1) is 13.1. The van der Waals surface area contributed by atoms with Crippen molar-refractivity contribution in [2.75, 3.05) is 0 Å². The maximum absolute atomic E-state index is 5.30. The van der Waals surface area contributed by atoms with Crippen LogP contribution in [-0.4, -0.2) is 0 Å². The van der Waals surface area contributed by atoms with Gasteiger partial charge >= 0.3 is 0 Å². The second-order valence-electron chi connectivity index (χ2n) is 4.38. The maximum atomic E-state index is 5.30. The molecule has 1 aromatic rings. The molecule has 16 heavy (non-hydrogen) atoms. The van der Waals surface area contributed by atoms with E-state index < -0.39 is 0 Å². The lowest BCUT2D eigenvalue weighted by molar-refractivity contribution is 0.490. The van der Waals surface area contributed by atoms with Gasteiger partial charge in [0, 0.05) is 6.42 Å². The molecule has 1 heteroatoms. The molecular formula is C15H24O. The van der Waals surface area contributed by atoms with Gasteiger partial charge in [-0.15, -0.1) is 6.58 Å². The molecule has 0 aliphatic rings. The Morgan fingerprint density at radius 1 is 1.00 bits per heavy atom. The molecular weight excluding hydrogens is 196 g/mol. The van der Waals surface area contributed by atoms with Gasteiger partial charge < -0.3 is 4.42 Å². The summed E-state index contributed by atoms with van der Waals surface area (Å²) in [6, 6.07) is 4.03. The van der Waals surface area contributed by atoms with Crippen LogP contribution in [0.1, 0.15) is 57.1 Å². The minimum atomic E-state index is 1.10. The molecule has 1 nitrogen and oxygen atoms in total. The molecule has 0 N–H and O–H groups in total. The summed E-state index contributed by atoms with van der Waals surface area (Å²) < 4.78 is 5.30. The summed E-state index contributed by atoms with van der Waals surface area (Å²) in [6.45, 7) is 3.73. The average Bonchev–Trinajstić information content (AvgIpc) is 2.80. The van der Waals surface area contributed by atoms with E-state index in [0.717, 1.165) is 12.2 Å². The second kappa shape index (κ2) is 9.26. The van der Waals surface area contributed by atoms with Crippen LogP contribution in [0.4, 0.5) is 0 Å². The van der Waals surface area contributed by atoms with Crippen molar-refractivity contribution in [3.63, 3.8) is 0 Å². The summed E-state index contributed by atoms with van der Waals surface area (Å²) in [5.41, 5.74) is 0.